The molecule has 6 heteroatoms. The molecule has 0 atom stereocenters. The van der Waals surface area contributed by atoms with Gasteiger partial charge < -0.3 is 0 Å². The molecule has 1 aromatic carbocycles. The fraction of sp³-hybridized carbons (Fsp3) is 0. The average Bonchev–Trinajstić information content (AvgIpc) is 2.01. The van der Waals surface area contributed by atoms with E-state index in [0.29, 0.717) is 0 Å². The fourth-order valence-corrected chi connectivity index (χ4v) is 1.08. The molecular weight excluding hydrogens is 248 g/mol. The van der Waals surface area contributed by atoms with E-state index < -0.39 is 5.82 Å². The van der Waals surface area contributed by atoms with E-state index in [2.05, 4.69) is 26.0 Å². The smallest absolute Gasteiger partial charge is 0.139 e. The summed E-state index contributed by atoms with van der Waals surface area (Å²) < 4.78 is 13.0. The lowest BCUT2D eigenvalue weighted by atomic mass is 10.3. The zero-order valence-corrected chi connectivity index (χ0v) is 7.97. The van der Waals surface area contributed by atoms with Crippen molar-refractivity contribution in [3.05, 3.63) is 37.9 Å². The second-order valence-corrected chi connectivity index (χ2v) is 3.11. The van der Waals surface area contributed by atoms with Gasteiger partial charge in [-0.3, -0.25) is 0 Å². The molecule has 1 rings (SSSR count). The fourth-order valence-electron chi connectivity index (χ4n) is 0.652. The van der Waals surface area contributed by atoms with Crippen molar-refractivity contribution in [3.63, 3.8) is 0 Å². The Morgan fingerprint density at radius 2 is 2.25 bits per heavy atom. The van der Waals surface area contributed by atoms with Gasteiger partial charge in [-0.25, -0.2) is 4.39 Å². The molecule has 0 aliphatic carbocycles. The highest BCUT2D eigenvalue weighted by Gasteiger charge is 2.04. The van der Waals surface area contributed by atoms with Gasteiger partial charge in [0, 0.05) is 10.6 Å². The molecular formula is C6H2BrClFN3. The maximum Gasteiger partial charge on any atom is 0.139 e. The zero-order chi connectivity index (χ0) is 9.14. The van der Waals surface area contributed by atoms with Crippen LogP contribution in [0.5, 0.6) is 0 Å². The van der Waals surface area contributed by atoms with E-state index in [1.807, 2.05) is 0 Å². The third-order valence-corrected chi connectivity index (χ3v) is 2.46. The lowest BCUT2D eigenvalue weighted by Crippen LogP contribution is -1.77. The van der Waals surface area contributed by atoms with Crippen LogP contribution in [0.2, 0.25) is 5.02 Å². The van der Waals surface area contributed by atoms with Crippen LogP contribution in [-0.4, -0.2) is 0 Å². The largest absolute Gasteiger partial charge is 0.206 e. The van der Waals surface area contributed by atoms with Gasteiger partial charge in [0.2, 0.25) is 0 Å². The number of benzene rings is 1. The van der Waals surface area contributed by atoms with E-state index in [4.69, 9.17) is 17.1 Å². The van der Waals surface area contributed by atoms with Gasteiger partial charge in [0.1, 0.15) is 5.82 Å². The number of azide groups is 1. The summed E-state index contributed by atoms with van der Waals surface area (Å²) in [5.41, 5.74) is 8.21. The number of nitrogens with zero attached hydrogens (tertiary/aromatic N) is 3. The summed E-state index contributed by atoms with van der Waals surface area (Å²) in [5.74, 6) is -0.551. The summed E-state index contributed by atoms with van der Waals surface area (Å²) in [6, 6.07) is 2.46. The molecule has 0 aromatic heterocycles. The van der Waals surface area contributed by atoms with Crippen LogP contribution in [0.4, 0.5) is 10.1 Å². The van der Waals surface area contributed by atoms with E-state index in [9.17, 15) is 4.39 Å². The molecule has 0 fully saturated rings. The van der Waals surface area contributed by atoms with Crippen molar-refractivity contribution < 1.29 is 4.39 Å². The Morgan fingerprint density at radius 3 is 2.75 bits per heavy atom. The highest BCUT2D eigenvalue weighted by atomic mass is 79.9. The first kappa shape index (κ1) is 9.32. The predicted octanol–water partition coefficient (Wildman–Crippen LogP) is 4.18. The Labute approximate surface area is 80.9 Å². The standard InChI is InChI=1S/C6H2BrClFN3/c7-6-4(8)1-3(11-12-10)2-5(6)9/h1-2H. The normalized spacial score (nSPS) is 9.25. The quantitative estimate of drug-likeness (QED) is 0.311. The Kier molecular flexibility index (Phi) is 2.92. The minimum absolute atomic E-state index is 0.156. The Balaban J connectivity index is 3.30. The van der Waals surface area contributed by atoms with E-state index in [1.165, 1.54) is 6.07 Å². The molecule has 0 spiro atoms. The number of halogens is 3. The van der Waals surface area contributed by atoms with Crippen LogP contribution in [0.15, 0.2) is 21.7 Å². The molecule has 0 heterocycles. The van der Waals surface area contributed by atoms with Gasteiger partial charge in [-0.2, -0.15) is 0 Å². The van der Waals surface area contributed by atoms with E-state index in [0.717, 1.165) is 6.07 Å². The van der Waals surface area contributed by atoms with Crippen LogP contribution in [0.1, 0.15) is 0 Å². The first-order valence-electron chi connectivity index (χ1n) is 2.85. The lowest BCUT2D eigenvalue weighted by molar-refractivity contribution is 0.621. The van der Waals surface area contributed by atoms with Crippen LogP contribution in [0, 0.1) is 5.82 Å². The highest BCUT2D eigenvalue weighted by molar-refractivity contribution is 9.10. The van der Waals surface area contributed by atoms with Crippen molar-refractivity contribution in [1.29, 1.82) is 0 Å². The predicted molar refractivity (Wildman–Crippen MR) is 47.9 cm³/mol. The van der Waals surface area contributed by atoms with Crippen LogP contribution in [0.3, 0.4) is 0 Å². The van der Waals surface area contributed by atoms with Crippen molar-refractivity contribution >= 4 is 33.2 Å². The summed E-state index contributed by atoms with van der Waals surface area (Å²) in [6.07, 6.45) is 0. The number of rotatable bonds is 1. The molecule has 0 radical (unpaired) electrons. The van der Waals surface area contributed by atoms with Crippen LogP contribution in [0.25, 0.3) is 10.4 Å². The Morgan fingerprint density at radius 1 is 1.58 bits per heavy atom. The summed E-state index contributed by atoms with van der Waals surface area (Å²) in [4.78, 5) is 2.50. The second kappa shape index (κ2) is 3.76. The van der Waals surface area contributed by atoms with Gasteiger partial charge in [0.15, 0.2) is 0 Å². The average molecular weight is 250 g/mol. The van der Waals surface area contributed by atoms with Crippen LogP contribution < -0.4 is 0 Å². The van der Waals surface area contributed by atoms with E-state index >= 15 is 0 Å². The number of hydrogen-bond acceptors (Lipinski definition) is 1. The van der Waals surface area contributed by atoms with Crippen molar-refractivity contribution in [1.82, 2.24) is 0 Å². The molecule has 0 bridgehead atoms. The van der Waals surface area contributed by atoms with Crippen LogP contribution in [-0.2, 0) is 0 Å². The third-order valence-electron chi connectivity index (χ3n) is 1.13. The molecule has 0 saturated heterocycles. The van der Waals surface area contributed by atoms with Crippen molar-refractivity contribution in [2.75, 3.05) is 0 Å². The van der Waals surface area contributed by atoms with Crippen molar-refractivity contribution in [2.24, 2.45) is 5.11 Å². The summed E-state index contributed by atoms with van der Waals surface area (Å²) in [5, 5.41) is 3.38. The molecule has 0 aliphatic rings. The van der Waals surface area contributed by atoms with Crippen LogP contribution >= 0.6 is 27.5 Å². The summed E-state index contributed by atoms with van der Waals surface area (Å²) in [6.45, 7) is 0. The lowest BCUT2D eigenvalue weighted by Gasteiger charge is -1.98. The zero-order valence-electron chi connectivity index (χ0n) is 5.63. The van der Waals surface area contributed by atoms with Gasteiger partial charge >= 0.3 is 0 Å². The van der Waals surface area contributed by atoms with Gasteiger partial charge in [-0.1, -0.05) is 16.7 Å². The first-order chi connectivity index (χ1) is 5.65. The minimum Gasteiger partial charge on any atom is -0.206 e. The molecule has 0 N–H and O–H groups in total. The van der Waals surface area contributed by atoms with Crippen molar-refractivity contribution in [2.45, 2.75) is 0 Å². The van der Waals surface area contributed by atoms with Crippen molar-refractivity contribution in [3.8, 4) is 0 Å². The maximum absolute atomic E-state index is 12.8. The first-order valence-corrected chi connectivity index (χ1v) is 4.02. The minimum atomic E-state index is -0.551. The molecule has 12 heavy (non-hydrogen) atoms. The molecule has 0 amide bonds. The monoisotopic (exact) mass is 249 g/mol. The van der Waals surface area contributed by atoms with Gasteiger partial charge in [0.05, 0.1) is 9.50 Å². The SMILES string of the molecule is [N-]=[N+]=Nc1cc(F)c(Br)c(Cl)c1. The molecule has 0 unspecified atom stereocenters. The topological polar surface area (TPSA) is 48.8 Å². The Bertz CT molecular complexity index is 339. The highest BCUT2D eigenvalue weighted by Crippen LogP contribution is 2.30. The van der Waals surface area contributed by atoms with Gasteiger partial charge in [-0.05, 0) is 33.6 Å². The third kappa shape index (κ3) is 1.88. The Hall–Kier alpha value is -0.770. The summed E-state index contributed by atoms with van der Waals surface area (Å²) in [7, 11) is 0. The second-order valence-electron chi connectivity index (χ2n) is 1.91. The molecule has 0 saturated carbocycles. The van der Waals surface area contributed by atoms with E-state index in [1.54, 1.807) is 0 Å². The van der Waals surface area contributed by atoms with Gasteiger partial charge in [-0.15, -0.1) is 0 Å². The maximum atomic E-state index is 12.8. The summed E-state index contributed by atoms with van der Waals surface area (Å²) >= 11 is 8.51. The molecule has 3 nitrogen and oxygen atoms in total. The molecule has 62 valence electrons. The molecule has 1 aromatic rings. The molecule has 0 aliphatic heterocycles. The number of hydrogen-bond donors (Lipinski definition) is 0. The van der Waals surface area contributed by atoms with E-state index in [-0.39, 0.29) is 15.2 Å². The van der Waals surface area contributed by atoms with Gasteiger partial charge in [0.25, 0.3) is 0 Å².